The molecule has 2 rings (SSSR count). The Morgan fingerprint density at radius 3 is 2.48 bits per heavy atom. The monoisotopic (exact) mass is 305 g/mol. The number of nitrogens with one attached hydrogen (secondary N) is 1. The van der Waals surface area contributed by atoms with E-state index in [4.69, 9.17) is 12.2 Å². The van der Waals surface area contributed by atoms with Gasteiger partial charge in [-0.3, -0.25) is 4.90 Å². The van der Waals surface area contributed by atoms with Gasteiger partial charge in [0.05, 0.1) is 0 Å². The summed E-state index contributed by atoms with van der Waals surface area (Å²) < 4.78 is 0. The lowest BCUT2D eigenvalue weighted by Gasteiger charge is -2.36. The van der Waals surface area contributed by atoms with Crippen molar-refractivity contribution in [1.82, 2.24) is 15.1 Å². The van der Waals surface area contributed by atoms with Crippen LogP contribution in [0.1, 0.15) is 25.0 Å². The Morgan fingerprint density at radius 1 is 1.19 bits per heavy atom. The lowest BCUT2D eigenvalue weighted by Crippen LogP contribution is -2.51. The van der Waals surface area contributed by atoms with Crippen molar-refractivity contribution in [2.75, 3.05) is 32.7 Å². The van der Waals surface area contributed by atoms with Crippen LogP contribution >= 0.6 is 12.2 Å². The molecule has 21 heavy (non-hydrogen) atoms. The van der Waals surface area contributed by atoms with Crippen LogP contribution in [0.15, 0.2) is 24.3 Å². The number of hydrogen-bond donors (Lipinski definition) is 1. The van der Waals surface area contributed by atoms with Crippen molar-refractivity contribution in [2.45, 2.75) is 27.3 Å². The van der Waals surface area contributed by atoms with Crippen molar-refractivity contribution in [3.63, 3.8) is 0 Å². The topological polar surface area (TPSA) is 18.5 Å². The van der Waals surface area contributed by atoms with Gasteiger partial charge < -0.3 is 10.2 Å². The summed E-state index contributed by atoms with van der Waals surface area (Å²) in [6.07, 6.45) is 0. The third-order valence-electron chi connectivity index (χ3n) is 3.98. The molecule has 0 radical (unpaired) electrons. The molecule has 1 heterocycles. The van der Waals surface area contributed by atoms with Crippen molar-refractivity contribution in [3.05, 3.63) is 35.4 Å². The Kier molecular flexibility index (Phi) is 6.00. The summed E-state index contributed by atoms with van der Waals surface area (Å²) in [7, 11) is 0. The van der Waals surface area contributed by atoms with Crippen molar-refractivity contribution in [3.8, 4) is 0 Å². The molecule has 0 unspecified atom stereocenters. The number of thiocarbonyl (C=S) groups is 1. The van der Waals surface area contributed by atoms with E-state index in [-0.39, 0.29) is 0 Å². The molecule has 1 N–H and O–H groups in total. The summed E-state index contributed by atoms with van der Waals surface area (Å²) in [6, 6.07) is 8.66. The van der Waals surface area contributed by atoms with E-state index in [1.54, 1.807) is 0 Å². The van der Waals surface area contributed by atoms with Gasteiger partial charge in [0.2, 0.25) is 0 Å². The molecule has 0 saturated carbocycles. The number of hydrogen-bond acceptors (Lipinski definition) is 2. The number of aryl methyl sites for hydroxylation is 1. The molecule has 1 fully saturated rings. The molecule has 0 atom stereocenters. The van der Waals surface area contributed by atoms with Crippen LogP contribution in [-0.2, 0) is 6.54 Å². The van der Waals surface area contributed by atoms with Gasteiger partial charge in [-0.2, -0.15) is 0 Å². The van der Waals surface area contributed by atoms with Gasteiger partial charge in [0.1, 0.15) is 0 Å². The molecule has 3 nitrogen and oxygen atoms in total. The van der Waals surface area contributed by atoms with Gasteiger partial charge in [0, 0.05) is 39.3 Å². The zero-order valence-electron chi connectivity index (χ0n) is 13.4. The van der Waals surface area contributed by atoms with Crippen molar-refractivity contribution in [2.24, 2.45) is 5.92 Å². The van der Waals surface area contributed by atoms with Gasteiger partial charge in [-0.1, -0.05) is 38.1 Å². The van der Waals surface area contributed by atoms with Crippen molar-refractivity contribution >= 4 is 17.3 Å². The third-order valence-corrected chi connectivity index (χ3v) is 4.38. The Labute approximate surface area is 134 Å². The van der Waals surface area contributed by atoms with E-state index in [9.17, 15) is 0 Å². The van der Waals surface area contributed by atoms with Gasteiger partial charge >= 0.3 is 0 Å². The number of nitrogens with zero attached hydrogens (tertiary/aromatic N) is 2. The largest absolute Gasteiger partial charge is 0.362 e. The van der Waals surface area contributed by atoms with E-state index in [1.807, 2.05) is 0 Å². The van der Waals surface area contributed by atoms with Crippen molar-refractivity contribution in [1.29, 1.82) is 0 Å². The molecule has 1 saturated heterocycles. The maximum absolute atomic E-state index is 5.48. The predicted octanol–water partition coefficient (Wildman–Crippen LogP) is 2.64. The maximum atomic E-state index is 5.48. The second-order valence-corrected chi connectivity index (χ2v) is 6.66. The molecular weight excluding hydrogens is 278 g/mol. The van der Waals surface area contributed by atoms with Crippen LogP contribution in [0.5, 0.6) is 0 Å². The molecule has 0 aliphatic carbocycles. The SMILES string of the molecule is Cc1ccccc1CN1CCN(C(=S)NCC(C)C)CC1. The molecule has 1 aliphatic rings. The number of benzene rings is 1. The van der Waals surface area contributed by atoms with E-state index in [1.165, 1.54) is 11.1 Å². The third kappa shape index (κ3) is 4.97. The van der Waals surface area contributed by atoms with E-state index in [0.29, 0.717) is 5.92 Å². The molecule has 0 spiro atoms. The fourth-order valence-corrected chi connectivity index (χ4v) is 2.81. The van der Waals surface area contributed by atoms with Crippen molar-refractivity contribution < 1.29 is 0 Å². The molecule has 4 heteroatoms. The highest BCUT2D eigenvalue weighted by Crippen LogP contribution is 2.12. The standard InChI is InChI=1S/C17H27N3S/c1-14(2)12-18-17(21)20-10-8-19(9-11-20)13-16-7-5-4-6-15(16)3/h4-7,14H,8-13H2,1-3H3,(H,18,21). The summed E-state index contributed by atoms with van der Waals surface area (Å²) >= 11 is 5.48. The quantitative estimate of drug-likeness (QED) is 0.862. The van der Waals surface area contributed by atoms with E-state index in [0.717, 1.165) is 44.4 Å². The number of piperazine rings is 1. The fraction of sp³-hybridized carbons (Fsp3) is 0.588. The highest BCUT2D eigenvalue weighted by molar-refractivity contribution is 7.80. The first-order valence-electron chi connectivity index (χ1n) is 7.86. The van der Waals surface area contributed by atoms with Crippen LogP contribution in [-0.4, -0.2) is 47.6 Å². The minimum Gasteiger partial charge on any atom is -0.362 e. The molecule has 0 aromatic heterocycles. The average molecular weight is 305 g/mol. The summed E-state index contributed by atoms with van der Waals surface area (Å²) in [4.78, 5) is 4.82. The van der Waals surface area contributed by atoms with E-state index >= 15 is 0 Å². The van der Waals surface area contributed by atoms with Crippen LogP contribution in [0.2, 0.25) is 0 Å². The Morgan fingerprint density at radius 2 is 1.86 bits per heavy atom. The Bertz CT molecular complexity index is 465. The fourth-order valence-electron chi connectivity index (χ4n) is 2.54. The number of rotatable bonds is 4. The van der Waals surface area contributed by atoms with Crippen LogP contribution in [0, 0.1) is 12.8 Å². The summed E-state index contributed by atoms with van der Waals surface area (Å²) in [6.45, 7) is 12.8. The molecule has 0 amide bonds. The maximum Gasteiger partial charge on any atom is 0.169 e. The Hall–Kier alpha value is -1.13. The zero-order chi connectivity index (χ0) is 15.2. The van der Waals surface area contributed by atoms with Gasteiger partial charge in [-0.15, -0.1) is 0 Å². The van der Waals surface area contributed by atoms with Crippen LogP contribution in [0.3, 0.4) is 0 Å². The molecular formula is C17H27N3S. The van der Waals surface area contributed by atoms with Crippen LogP contribution in [0.25, 0.3) is 0 Å². The first-order chi connectivity index (χ1) is 10.1. The summed E-state index contributed by atoms with van der Waals surface area (Å²) in [5, 5.41) is 4.28. The van der Waals surface area contributed by atoms with E-state index in [2.05, 4.69) is 60.2 Å². The van der Waals surface area contributed by atoms with Gasteiger partial charge in [-0.05, 0) is 36.2 Å². The minimum atomic E-state index is 0.630. The highest BCUT2D eigenvalue weighted by atomic mass is 32.1. The molecule has 116 valence electrons. The lowest BCUT2D eigenvalue weighted by atomic mass is 10.1. The summed E-state index contributed by atoms with van der Waals surface area (Å²) in [5.74, 6) is 0.630. The smallest absolute Gasteiger partial charge is 0.169 e. The normalized spacial score (nSPS) is 16.3. The Balaban J connectivity index is 1.78. The molecule has 0 bridgehead atoms. The zero-order valence-corrected chi connectivity index (χ0v) is 14.2. The van der Waals surface area contributed by atoms with Gasteiger partial charge in [0.15, 0.2) is 5.11 Å². The first-order valence-corrected chi connectivity index (χ1v) is 8.26. The molecule has 1 aliphatic heterocycles. The first kappa shape index (κ1) is 16.2. The van der Waals surface area contributed by atoms with Crippen LogP contribution < -0.4 is 5.32 Å². The summed E-state index contributed by atoms with van der Waals surface area (Å²) in [5.41, 5.74) is 2.82. The van der Waals surface area contributed by atoms with Crippen LogP contribution in [0.4, 0.5) is 0 Å². The lowest BCUT2D eigenvalue weighted by molar-refractivity contribution is 0.174. The molecule has 1 aromatic carbocycles. The second kappa shape index (κ2) is 7.76. The molecule has 1 aromatic rings. The second-order valence-electron chi connectivity index (χ2n) is 6.27. The van der Waals surface area contributed by atoms with Gasteiger partial charge in [-0.25, -0.2) is 0 Å². The average Bonchev–Trinajstić information content (AvgIpc) is 2.48. The van der Waals surface area contributed by atoms with E-state index < -0.39 is 0 Å². The minimum absolute atomic E-state index is 0.630. The highest BCUT2D eigenvalue weighted by Gasteiger charge is 2.19. The van der Waals surface area contributed by atoms with Gasteiger partial charge in [0.25, 0.3) is 0 Å². The predicted molar refractivity (Wildman–Crippen MR) is 93.5 cm³/mol.